The fourth-order valence-corrected chi connectivity index (χ4v) is 1.45. The maximum Gasteiger partial charge on any atom is 0.186 e. The van der Waals surface area contributed by atoms with E-state index in [1.54, 1.807) is 0 Å². The molecule has 0 spiro atoms. The summed E-state index contributed by atoms with van der Waals surface area (Å²) >= 11 is 0. The third kappa shape index (κ3) is 8.79. The molecule has 1 rings (SSSR count). The second-order valence-corrected chi connectivity index (χ2v) is 3.81. The second kappa shape index (κ2) is 11.0. The maximum absolute atomic E-state index is 5.49. The number of nitrogens with zero attached hydrogens (tertiary/aromatic N) is 1. The van der Waals surface area contributed by atoms with Crippen molar-refractivity contribution in [3.63, 3.8) is 0 Å². The summed E-state index contributed by atoms with van der Waals surface area (Å²) < 4.78 is 10.7. The SMILES string of the molecule is CCOCCOCc1cccc(CN=C(N)N)c1.I. The van der Waals surface area contributed by atoms with Gasteiger partial charge in [0.2, 0.25) is 0 Å². The quantitative estimate of drug-likeness (QED) is 0.311. The lowest BCUT2D eigenvalue weighted by atomic mass is 10.1. The Morgan fingerprint density at radius 2 is 1.84 bits per heavy atom. The molecule has 0 aliphatic rings. The van der Waals surface area contributed by atoms with Crippen LogP contribution in [-0.4, -0.2) is 25.8 Å². The molecule has 1 aromatic carbocycles. The molecule has 0 aliphatic carbocycles. The molecule has 0 radical (unpaired) electrons. The van der Waals surface area contributed by atoms with E-state index in [4.69, 9.17) is 20.9 Å². The average Bonchev–Trinajstić information content (AvgIpc) is 2.37. The van der Waals surface area contributed by atoms with Crippen molar-refractivity contribution in [1.82, 2.24) is 0 Å². The molecule has 0 saturated carbocycles. The molecular formula is C13H22IN3O2. The molecule has 0 unspecified atom stereocenters. The highest BCUT2D eigenvalue weighted by Crippen LogP contribution is 2.07. The minimum Gasteiger partial charge on any atom is -0.379 e. The van der Waals surface area contributed by atoms with Gasteiger partial charge in [0.05, 0.1) is 26.4 Å². The Morgan fingerprint density at radius 1 is 1.16 bits per heavy atom. The lowest BCUT2D eigenvalue weighted by Crippen LogP contribution is -2.22. The van der Waals surface area contributed by atoms with Crippen LogP contribution in [0.15, 0.2) is 29.3 Å². The number of guanidine groups is 1. The highest BCUT2D eigenvalue weighted by Gasteiger charge is 1.96. The molecule has 5 nitrogen and oxygen atoms in total. The van der Waals surface area contributed by atoms with Crippen molar-refractivity contribution in [2.45, 2.75) is 20.1 Å². The number of halogens is 1. The minimum absolute atomic E-state index is 0. The third-order valence-corrected chi connectivity index (χ3v) is 2.28. The number of ether oxygens (including phenoxy) is 2. The summed E-state index contributed by atoms with van der Waals surface area (Å²) in [7, 11) is 0. The Morgan fingerprint density at radius 3 is 2.53 bits per heavy atom. The molecule has 0 atom stereocenters. The predicted molar refractivity (Wildman–Crippen MR) is 87.5 cm³/mol. The first-order valence-electron chi connectivity index (χ1n) is 6.01. The van der Waals surface area contributed by atoms with Crippen LogP contribution >= 0.6 is 24.0 Å². The molecule has 0 aromatic heterocycles. The molecule has 1 aromatic rings. The van der Waals surface area contributed by atoms with Gasteiger partial charge in [-0.1, -0.05) is 24.3 Å². The number of hydrogen-bond acceptors (Lipinski definition) is 3. The Balaban J connectivity index is 0.00000324. The molecular weight excluding hydrogens is 357 g/mol. The summed E-state index contributed by atoms with van der Waals surface area (Å²) in [6.07, 6.45) is 0. The number of benzene rings is 1. The lowest BCUT2D eigenvalue weighted by Gasteiger charge is -2.06. The summed E-state index contributed by atoms with van der Waals surface area (Å²) in [5.74, 6) is 0.105. The molecule has 0 aliphatic heterocycles. The third-order valence-electron chi connectivity index (χ3n) is 2.28. The average molecular weight is 379 g/mol. The van der Waals surface area contributed by atoms with Gasteiger partial charge in [0.25, 0.3) is 0 Å². The Kier molecular flexibility index (Phi) is 10.5. The van der Waals surface area contributed by atoms with E-state index in [0.29, 0.717) is 26.4 Å². The van der Waals surface area contributed by atoms with Gasteiger partial charge in [0, 0.05) is 6.61 Å². The number of nitrogens with two attached hydrogens (primary N) is 2. The molecule has 6 heteroatoms. The fourth-order valence-electron chi connectivity index (χ4n) is 1.45. The second-order valence-electron chi connectivity index (χ2n) is 3.81. The highest BCUT2D eigenvalue weighted by molar-refractivity contribution is 14.0. The van der Waals surface area contributed by atoms with Gasteiger partial charge in [-0.05, 0) is 18.1 Å². The van der Waals surface area contributed by atoms with E-state index in [0.717, 1.165) is 17.7 Å². The normalized spacial score (nSPS) is 9.74. The maximum atomic E-state index is 5.49. The Labute approximate surface area is 131 Å². The smallest absolute Gasteiger partial charge is 0.186 e. The van der Waals surface area contributed by atoms with Gasteiger partial charge in [-0.2, -0.15) is 0 Å². The van der Waals surface area contributed by atoms with E-state index in [1.807, 2.05) is 31.2 Å². The number of aliphatic imine (C=N–C) groups is 1. The van der Waals surface area contributed by atoms with Gasteiger partial charge in [0.15, 0.2) is 5.96 Å². The predicted octanol–water partition coefficient (Wildman–Crippen LogP) is 1.63. The van der Waals surface area contributed by atoms with Crippen LogP contribution in [0.5, 0.6) is 0 Å². The van der Waals surface area contributed by atoms with Crippen molar-refractivity contribution in [2.75, 3.05) is 19.8 Å². The van der Waals surface area contributed by atoms with Gasteiger partial charge < -0.3 is 20.9 Å². The van der Waals surface area contributed by atoms with E-state index >= 15 is 0 Å². The zero-order chi connectivity index (χ0) is 13.2. The summed E-state index contributed by atoms with van der Waals surface area (Å²) in [5, 5.41) is 0. The van der Waals surface area contributed by atoms with Crippen LogP contribution in [0.4, 0.5) is 0 Å². The van der Waals surface area contributed by atoms with Gasteiger partial charge in [-0.3, -0.25) is 0 Å². The number of rotatable bonds is 8. The summed E-state index contributed by atoms with van der Waals surface area (Å²) in [6.45, 7) is 4.98. The molecule has 0 amide bonds. The van der Waals surface area contributed by atoms with Crippen molar-refractivity contribution in [1.29, 1.82) is 0 Å². The van der Waals surface area contributed by atoms with Crippen LogP contribution in [0.3, 0.4) is 0 Å². The Bertz CT molecular complexity index is 382. The monoisotopic (exact) mass is 379 g/mol. The summed E-state index contributed by atoms with van der Waals surface area (Å²) in [4.78, 5) is 3.97. The van der Waals surface area contributed by atoms with Gasteiger partial charge in [0.1, 0.15) is 0 Å². The Hall–Kier alpha value is -0.860. The van der Waals surface area contributed by atoms with Crippen molar-refractivity contribution >= 4 is 29.9 Å². The molecule has 0 fully saturated rings. The van der Waals surface area contributed by atoms with E-state index in [9.17, 15) is 0 Å². The summed E-state index contributed by atoms with van der Waals surface area (Å²) in [6, 6.07) is 8.00. The van der Waals surface area contributed by atoms with Crippen molar-refractivity contribution in [3.8, 4) is 0 Å². The van der Waals surface area contributed by atoms with Crippen LogP contribution < -0.4 is 11.5 Å². The standard InChI is InChI=1S/C13H21N3O2.HI/c1-2-17-6-7-18-10-12-5-3-4-11(8-12)9-16-13(14)15;/h3-5,8H,2,6-7,9-10H2,1H3,(H4,14,15,16);1H. The van der Waals surface area contributed by atoms with Crippen molar-refractivity contribution in [2.24, 2.45) is 16.5 Å². The van der Waals surface area contributed by atoms with E-state index in [1.165, 1.54) is 0 Å². The van der Waals surface area contributed by atoms with Crippen LogP contribution in [0.25, 0.3) is 0 Å². The molecule has 0 heterocycles. The van der Waals surface area contributed by atoms with Crippen molar-refractivity contribution in [3.05, 3.63) is 35.4 Å². The molecule has 108 valence electrons. The topological polar surface area (TPSA) is 82.9 Å². The summed E-state index contributed by atoms with van der Waals surface area (Å²) in [5.41, 5.74) is 12.8. The van der Waals surface area contributed by atoms with E-state index in [-0.39, 0.29) is 29.9 Å². The van der Waals surface area contributed by atoms with E-state index < -0.39 is 0 Å². The highest BCUT2D eigenvalue weighted by atomic mass is 127. The fraction of sp³-hybridized carbons (Fsp3) is 0.462. The van der Waals surface area contributed by atoms with Crippen LogP contribution in [-0.2, 0) is 22.6 Å². The zero-order valence-corrected chi connectivity index (χ0v) is 13.5. The van der Waals surface area contributed by atoms with Gasteiger partial charge >= 0.3 is 0 Å². The van der Waals surface area contributed by atoms with Crippen LogP contribution in [0.1, 0.15) is 18.1 Å². The van der Waals surface area contributed by atoms with Crippen molar-refractivity contribution < 1.29 is 9.47 Å². The first-order valence-corrected chi connectivity index (χ1v) is 6.01. The molecule has 0 bridgehead atoms. The van der Waals surface area contributed by atoms with Crippen LogP contribution in [0.2, 0.25) is 0 Å². The van der Waals surface area contributed by atoms with Gasteiger partial charge in [-0.15, -0.1) is 24.0 Å². The first kappa shape index (κ1) is 18.1. The lowest BCUT2D eigenvalue weighted by molar-refractivity contribution is 0.0453. The minimum atomic E-state index is 0. The first-order chi connectivity index (χ1) is 8.72. The molecule has 0 saturated heterocycles. The van der Waals surface area contributed by atoms with E-state index in [2.05, 4.69) is 4.99 Å². The van der Waals surface area contributed by atoms with Gasteiger partial charge in [-0.25, -0.2) is 4.99 Å². The zero-order valence-electron chi connectivity index (χ0n) is 11.2. The molecule has 4 N–H and O–H groups in total. The number of hydrogen-bond donors (Lipinski definition) is 2. The largest absolute Gasteiger partial charge is 0.379 e. The van der Waals surface area contributed by atoms with Crippen LogP contribution in [0, 0.1) is 0 Å². The molecule has 19 heavy (non-hydrogen) atoms.